The van der Waals surface area contributed by atoms with Gasteiger partial charge in [0.15, 0.2) is 0 Å². The average Bonchev–Trinajstić information content (AvgIpc) is 3.13. The molecular weight excluding hydrogens is 489 g/mol. The summed E-state index contributed by atoms with van der Waals surface area (Å²) in [6.07, 6.45) is 8.83. The molecule has 0 aromatic rings. The number of hydrogen-bond donors (Lipinski definition) is 2. The minimum absolute atomic E-state index is 0. The smallest absolute Gasteiger partial charge is 0.748 e. The van der Waals surface area contributed by atoms with E-state index in [4.69, 9.17) is 0 Å². The second-order valence-corrected chi connectivity index (χ2v) is 14.6. The van der Waals surface area contributed by atoms with Gasteiger partial charge in [-0.1, -0.05) is 20.8 Å². The van der Waals surface area contributed by atoms with Crippen molar-refractivity contribution >= 4 is 16.0 Å². The van der Waals surface area contributed by atoms with Crippen LogP contribution in [0.3, 0.4) is 0 Å². The Balaban J connectivity index is 0.00000361. The molecule has 202 valence electrons. The van der Waals surface area contributed by atoms with Gasteiger partial charge in [-0.3, -0.25) is 4.79 Å². The summed E-state index contributed by atoms with van der Waals surface area (Å²) < 4.78 is 32.6. The number of nitrogens with zero attached hydrogens (tertiary/aromatic N) is 1. The van der Waals surface area contributed by atoms with Crippen LogP contribution in [0.25, 0.3) is 0 Å². The van der Waals surface area contributed by atoms with Crippen molar-refractivity contribution in [1.82, 2.24) is 4.90 Å². The van der Waals surface area contributed by atoms with Crippen LogP contribution in [0.4, 0.5) is 0 Å². The number of fused-ring (bicyclic) bond motifs is 5. The molecule has 4 saturated carbocycles. The molecule has 0 bridgehead atoms. The van der Waals surface area contributed by atoms with Crippen LogP contribution in [0.2, 0.25) is 0 Å². The molecule has 4 rings (SSSR count). The van der Waals surface area contributed by atoms with Crippen LogP contribution >= 0.6 is 0 Å². The molecule has 0 aliphatic heterocycles. The van der Waals surface area contributed by atoms with E-state index in [0.29, 0.717) is 41.9 Å². The largest absolute Gasteiger partial charge is 1.00 e. The van der Waals surface area contributed by atoms with E-state index in [1.54, 1.807) is 7.05 Å². The second kappa shape index (κ2) is 11.4. The zero-order valence-electron chi connectivity index (χ0n) is 23.0. The van der Waals surface area contributed by atoms with Crippen LogP contribution in [0.1, 0.15) is 85.0 Å². The molecule has 4 aliphatic rings. The Morgan fingerprint density at radius 3 is 2.36 bits per heavy atom. The van der Waals surface area contributed by atoms with Gasteiger partial charge in [0.2, 0.25) is 5.91 Å². The Hall–Kier alpha value is 0.300. The molecule has 4 aliphatic carbocycles. The van der Waals surface area contributed by atoms with Crippen LogP contribution in [-0.4, -0.2) is 65.5 Å². The van der Waals surface area contributed by atoms with Gasteiger partial charge >= 0.3 is 29.6 Å². The van der Waals surface area contributed by atoms with Gasteiger partial charge in [0.1, 0.15) is 0 Å². The number of rotatable bonds is 7. The fourth-order valence-electron chi connectivity index (χ4n) is 9.29. The van der Waals surface area contributed by atoms with E-state index >= 15 is 0 Å². The number of carbonyl (C=O) groups excluding carboxylic acids is 1. The number of carbonyl (C=O) groups is 1. The molecule has 0 saturated heterocycles. The van der Waals surface area contributed by atoms with E-state index in [1.807, 2.05) is 0 Å². The minimum Gasteiger partial charge on any atom is -0.748 e. The van der Waals surface area contributed by atoms with Crippen LogP contribution in [0.15, 0.2) is 0 Å². The number of aliphatic hydroxyl groups is 2. The summed E-state index contributed by atoms with van der Waals surface area (Å²) in [5, 5.41) is 21.7. The molecule has 4 unspecified atom stereocenters. The number of amides is 1. The van der Waals surface area contributed by atoms with Crippen molar-refractivity contribution < 1.29 is 57.5 Å². The molecule has 0 spiro atoms. The van der Waals surface area contributed by atoms with Gasteiger partial charge < -0.3 is 19.7 Å². The fourth-order valence-corrected chi connectivity index (χ4v) is 9.79. The summed E-state index contributed by atoms with van der Waals surface area (Å²) in [6, 6.07) is 0. The van der Waals surface area contributed by atoms with Crippen LogP contribution < -0.4 is 29.6 Å². The molecule has 10 atom stereocenters. The van der Waals surface area contributed by atoms with Crippen molar-refractivity contribution in [2.75, 3.05) is 19.3 Å². The molecule has 7 nitrogen and oxygen atoms in total. The van der Waals surface area contributed by atoms with Gasteiger partial charge in [0, 0.05) is 20.0 Å². The van der Waals surface area contributed by atoms with Crippen LogP contribution in [0, 0.1) is 46.3 Å². The molecule has 1 amide bonds. The molecule has 0 aromatic heterocycles. The van der Waals surface area contributed by atoms with Crippen molar-refractivity contribution in [2.45, 2.75) is 97.2 Å². The van der Waals surface area contributed by atoms with E-state index in [-0.39, 0.29) is 65.0 Å². The molecule has 2 N–H and O–H groups in total. The topological polar surface area (TPSA) is 118 Å². The molecule has 4 fully saturated rings. The maximum Gasteiger partial charge on any atom is 1.00 e. The molecule has 0 heterocycles. The van der Waals surface area contributed by atoms with E-state index in [2.05, 4.69) is 20.8 Å². The van der Waals surface area contributed by atoms with Gasteiger partial charge in [-0.25, -0.2) is 8.42 Å². The summed E-state index contributed by atoms with van der Waals surface area (Å²) in [7, 11) is -2.76. The molecule has 0 aromatic carbocycles. The zero-order chi connectivity index (χ0) is 25.8. The van der Waals surface area contributed by atoms with E-state index in [9.17, 15) is 28.0 Å². The monoisotopic (exact) mass is 535 g/mol. The molecule has 0 radical (unpaired) electrons. The summed E-state index contributed by atoms with van der Waals surface area (Å²) >= 11 is 0. The third-order valence-electron chi connectivity index (χ3n) is 11.3. The van der Waals surface area contributed by atoms with Crippen molar-refractivity contribution in [2.24, 2.45) is 46.3 Å². The maximum atomic E-state index is 12.5. The van der Waals surface area contributed by atoms with Gasteiger partial charge in [0.25, 0.3) is 0 Å². The van der Waals surface area contributed by atoms with Crippen LogP contribution in [0.5, 0.6) is 0 Å². The van der Waals surface area contributed by atoms with Crippen LogP contribution in [-0.2, 0) is 14.9 Å². The standard InChI is InChI=1S/C27H47NO6S.Na/c1-17(5-8-24(31)28(4)13-14-35(32,33)34)20-6-7-21-25-22(10-12-27(20,21)3)26(2)11-9-19(29)15-18(26)16-23(25)30;/h17-23,25,29-30H,5-16H2,1-4H3,(H,32,33,34);/q;+1/p-1/t17-,18?,19-,20-,21?,22?,23+,25?,26+,27-;/m1./s1. The van der Waals surface area contributed by atoms with Crippen molar-refractivity contribution in [1.29, 1.82) is 0 Å². The van der Waals surface area contributed by atoms with E-state index in [0.717, 1.165) is 51.4 Å². The Morgan fingerprint density at radius 1 is 1.06 bits per heavy atom. The van der Waals surface area contributed by atoms with Crippen molar-refractivity contribution in [3.8, 4) is 0 Å². The first-order valence-electron chi connectivity index (χ1n) is 13.8. The third kappa shape index (κ3) is 5.90. The maximum absolute atomic E-state index is 12.5. The Morgan fingerprint density at radius 2 is 1.69 bits per heavy atom. The van der Waals surface area contributed by atoms with Gasteiger partial charge in [-0.15, -0.1) is 0 Å². The van der Waals surface area contributed by atoms with E-state index < -0.39 is 15.9 Å². The molecule has 36 heavy (non-hydrogen) atoms. The van der Waals surface area contributed by atoms with Crippen molar-refractivity contribution in [3.63, 3.8) is 0 Å². The Labute approximate surface area is 240 Å². The predicted molar refractivity (Wildman–Crippen MR) is 133 cm³/mol. The summed E-state index contributed by atoms with van der Waals surface area (Å²) in [5.74, 6) is 2.03. The summed E-state index contributed by atoms with van der Waals surface area (Å²) in [5.41, 5.74) is 0.396. The minimum atomic E-state index is -4.32. The van der Waals surface area contributed by atoms with Gasteiger partial charge in [-0.2, -0.15) is 0 Å². The second-order valence-electron chi connectivity index (χ2n) is 13.0. The van der Waals surface area contributed by atoms with E-state index in [1.165, 1.54) is 11.3 Å². The first-order valence-corrected chi connectivity index (χ1v) is 15.4. The molecule has 9 heteroatoms. The Bertz CT molecular complexity index is 901. The van der Waals surface area contributed by atoms with Gasteiger partial charge in [-0.05, 0) is 104 Å². The Kier molecular flexibility index (Phi) is 9.78. The van der Waals surface area contributed by atoms with Crippen molar-refractivity contribution in [3.05, 3.63) is 0 Å². The third-order valence-corrected chi connectivity index (χ3v) is 12.0. The molecular formula is C27H46NNaO6S. The first-order chi connectivity index (χ1) is 16.3. The SMILES string of the molecule is C[C@H](CCC(=O)N(C)CCS(=O)(=O)[O-])[C@H]1CCC2C3C(CC[C@@]21C)[C@@]1(C)CC[C@@H](O)CC1C[C@@H]3O.[Na+]. The predicted octanol–water partition coefficient (Wildman–Crippen LogP) is 0.401. The normalized spacial score (nSPS) is 42.9. The number of aliphatic hydroxyl groups excluding tert-OH is 2. The summed E-state index contributed by atoms with van der Waals surface area (Å²) in [4.78, 5) is 13.9. The quantitative estimate of drug-likeness (QED) is 0.360. The average molecular weight is 536 g/mol. The zero-order valence-corrected chi connectivity index (χ0v) is 25.8. The first kappa shape index (κ1) is 30.8. The fraction of sp³-hybridized carbons (Fsp3) is 0.963. The van der Waals surface area contributed by atoms with Gasteiger partial charge in [0.05, 0.1) is 28.1 Å². The summed E-state index contributed by atoms with van der Waals surface area (Å²) in [6.45, 7) is 7.06. The number of hydrogen-bond acceptors (Lipinski definition) is 6.